The van der Waals surface area contributed by atoms with Crippen LogP contribution in [0.3, 0.4) is 0 Å². The Morgan fingerprint density at radius 3 is 1.13 bits per heavy atom. The normalized spacial score (nSPS) is 22.3. The van der Waals surface area contributed by atoms with Crippen molar-refractivity contribution in [1.82, 2.24) is 19.9 Å². The van der Waals surface area contributed by atoms with Gasteiger partial charge in [-0.25, -0.2) is 38.2 Å². The van der Waals surface area contributed by atoms with E-state index in [9.17, 15) is 8.22 Å². The van der Waals surface area contributed by atoms with Crippen molar-refractivity contribution in [3.63, 3.8) is 0 Å². The standard InChI is InChI=1S/C33H35N2O.C31H31N2O.C29H27N2O.C27H23N2O/c1-20(2)18-33(19-21(3)4)27-12-8-7-11-23(27)25-17-26-24-15-14-22(5)29(28-13-9-10-16-35(28)6)30(24)36-32(26)34-31(25)33;1-18(2)31(19(3)4)25-12-8-7-11-21(25)23-17-24-22-15-14-20(5)27(26-13-9-10-16-33(26)6)28(22)34-30(24)32-29(23)31;1-5-29(6-2)23-12-8-7-11-19(23)21-17-22-20-15-14-18(3)25(24-13-9-10-16-31(24)4)26(20)32-28(22)30-27(21)29;1-16-12-13-18-23-24-19(17-9-5-6-10-20(17)27(24,2)3)15-28-26(23)30-25(18)22(16)21-11-7-8-14-29(21)4/h7-17,20-21H,18-19H2,1-6H3;7-19H,1-6H3;7-17H,5-6H2,1-4H3;5-15H,1-4H3/q4*+1/i1D3,3D3,18D2,19D2,20D,21D;1D3,2D3,3D3,18D,19D;1D3,2D3,5D2;. The molecule has 8 aromatic carbocycles. The SMILES string of the molecule is Cc1ccc2c(oc3ncc4c(c32)C(C)(C)c2ccccc2-4)c1-c1cccc[n+]1C.[2H]C([2H])([2H])C([2H])(C)C([2H])([2H])C1(C([2H])([2H])C([2H])(C)C([2H])([2H])[2H])c2ccccc2-c2cc3c(nc21)oc1c(-c2cccc[n+]2C)c(C)ccc13.[2H]C([2H])([2H])C([2H])(C)C1(C([2H])(C([2H])([2H])[2H])C([2H])([2H])[2H])c2ccccc2-c2cc3c(nc21)oc1c(-c2cccc[n+]2C)c(C)ccc13.[2H]C([2H])([2H])CC1(C([2H])([2H])C([2H])([2H])[2H])c2ccccc2-c2cc3c(nc21)oc1c(-c2cccc[n+]2C)c(C)ccc13. The molecule has 656 valence electrons. The highest BCUT2D eigenvalue weighted by atomic mass is 16.4. The van der Waals surface area contributed by atoms with Crippen molar-refractivity contribution in [3.05, 3.63) is 335 Å². The minimum absolute atomic E-state index is 0.00569. The zero-order chi connectivity index (χ0) is 118. The molecule has 4 aliphatic rings. The molecule has 0 saturated carbocycles. The fourth-order valence-electron chi connectivity index (χ4n) is 21.2. The van der Waals surface area contributed by atoms with Gasteiger partial charge in [0.05, 0.1) is 44.7 Å². The van der Waals surface area contributed by atoms with E-state index < -0.39 is 113 Å². The van der Waals surface area contributed by atoms with Gasteiger partial charge in [0.2, 0.25) is 45.6 Å². The maximum atomic E-state index is 9.58. The van der Waals surface area contributed by atoms with Crippen molar-refractivity contribution in [1.29, 1.82) is 0 Å². The largest absolute Gasteiger partial charge is 0.437 e. The predicted octanol–water partition coefficient (Wildman–Crippen LogP) is 28.5. The first-order valence-electron chi connectivity index (χ1n) is 59.5. The van der Waals surface area contributed by atoms with Crippen molar-refractivity contribution in [3.8, 4) is 89.5 Å². The lowest BCUT2D eigenvalue weighted by Crippen LogP contribution is -2.38. The first kappa shape index (κ1) is 56.7. The van der Waals surface area contributed by atoms with Crippen LogP contribution in [0.1, 0.15) is 218 Å². The molecule has 0 N–H and O–H groups in total. The third kappa shape index (κ3) is 12.8. The molecule has 0 bridgehead atoms. The molecule has 4 aliphatic carbocycles. The van der Waals surface area contributed by atoms with E-state index in [2.05, 4.69) is 87.1 Å². The van der Waals surface area contributed by atoms with Crippen LogP contribution in [0.4, 0.5) is 0 Å². The molecule has 5 atom stereocenters. The number of rotatable bonds is 12. The maximum absolute atomic E-state index is 9.58. The van der Waals surface area contributed by atoms with Crippen molar-refractivity contribution < 1.29 is 78.4 Å². The molecule has 12 heterocycles. The predicted molar refractivity (Wildman–Crippen MR) is 537 cm³/mol. The maximum Gasteiger partial charge on any atom is 0.227 e. The molecule has 12 heteroatoms. The van der Waals surface area contributed by atoms with Gasteiger partial charge in [-0.05, 0) is 192 Å². The summed E-state index contributed by atoms with van der Waals surface area (Å²) in [5.74, 6) is -12.4. The Morgan fingerprint density at radius 1 is 0.356 bits per heavy atom. The summed E-state index contributed by atoms with van der Waals surface area (Å²) in [7, 11) is 7.81. The molecule has 12 nitrogen and oxygen atoms in total. The number of pyridine rings is 8. The van der Waals surface area contributed by atoms with Crippen LogP contribution in [0.5, 0.6) is 0 Å². The summed E-state index contributed by atoms with van der Waals surface area (Å²) in [5, 5.41) is 6.18. The van der Waals surface area contributed by atoms with Crippen LogP contribution in [0.2, 0.25) is 0 Å². The number of furan rings is 4. The number of aromatic nitrogens is 8. The Kier molecular flexibility index (Phi) is 13.8. The van der Waals surface area contributed by atoms with Gasteiger partial charge in [-0.3, -0.25) is 0 Å². The lowest BCUT2D eigenvalue weighted by Gasteiger charge is -2.39. The fourth-order valence-corrected chi connectivity index (χ4v) is 21.2. The summed E-state index contributed by atoms with van der Waals surface area (Å²) in [4.78, 5) is 19.1. The zero-order valence-electron chi connectivity index (χ0n) is 106. The van der Waals surface area contributed by atoms with Crippen molar-refractivity contribution in [2.45, 2.75) is 157 Å². The van der Waals surface area contributed by atoms with Gasteiger partial charge in [0, 0.05) is 179 Å². The highest BCUT2D eigenvalue weighted by Gasteiger charge is 2.51. The van der Waals surface area contributed by atoms with Crippen LogP contribution < -0.4 is 18.3 Å². The molecular formula is C120H116N8O4+4. The summed E-state index contributed by atoms with van der Waals surface area (Å²) < 4.78 is 302. The number of aryl methyl sites for hydroxylation is 8. The third-order valence-corrected chi connectivity index (χ3v) is 27.4. The average molecular weight is 1770 g/mol. The summed E-state index contributed by atoms with van der Waals surface area (Å²) >= 11 is 0. The van der Waals surface area contributed by atoms with Gasteiger partial charge < -0.3 is 17.7 Å². The van der Waals surface area contributed by atoms with Gasteiger partial charge in [-0.15, -0.1) is 0 Å². The Hall–Kier alpha value is -13.8. The fraction of sp³-hybridized carbons (Fsp3) is 0.267. The van der Waals surface area contributed by atoms with E-state index in [1.165, 1.54) is 52.1 Å². The molecule has 24 rings (SSSR count). The smallest absolute Gasteiger partial charge is 0.227 e. The molecule has 0 radical (unpaired) electrons. The van der Waals surface area contributed by atoms with E-state index in [1.807, 2.05) is 184 Å². The molecule has 5 unspecified atom stereocenters. The minimum Gasteiger partial charge on any atom is -0.437 e. The quantitative estimate of drug-likeness (QED) is 0.111. The Labute approximate surface area is 817 Å². The monoisotopic (exact) mass is 1760 g/mol. The van der Waals surface area contributed by atoms with Crippen LogP contribution in [-0.2, 0) is 49.9 Å². The summed E-state index contributed by atoms with van der Waals surface area (Å²) in [6, 6.07) is 72.6. The van der Waals surface area contributed by atoms with Crippen molar-refractivity contribution in [2.24, 2.45) is 51.8 Å². The third-order valence-electron chi connectivity index (χ3n) is 27.4. The van der Waals surface area contributed by atoms with Gasteiger partial charge in [0.1, 0.15) is 28.2 Å². The summed E-state index contributed by atoms with van der Waals surface area (Å²) in [6.45, 7) is -7.52. The number of nitrogens with zero attached hydrogens (tertiary/aromatic N) is 8. The molecule has 12 aromatic heterocycles. The van der Waals surface area contributed by atoms with Crippen LogP contribution in [-0.4, -0.2) is 19.9 Å². The molecule has 0 fully saturated rings. The lowest BCUT2D eigenvalue weighted by atomic mass is 9.64. The summed E-state index contributed by atoms with van der Waals surface area (Å²) in [5.41, 5.74) is 13.8. The van der Waals surface area contributed by atoms with E-state index >= 15 is 0 Å². The number of hydrogen-bond acceptors (Lipinski definition) is 8. The zero-order valence-corrected chi connectivity index (χ0v) is 75.3. The first-order chi connectivity index (χ1) is 75.8. The Morgan fingerprint density at radius 2 is 0.712 bits per heavy atom. The van der Waals surface area contributed by atoms with Gasteiger partial charge in [-0.2, -0.15) is 0 Å². The number of benzene rings is 8. The van der Waals surface area contributed by atoms with Crippen molar-refractivity contribution >= 4 is 88.3 Å². The second-order valence-electron chi connectivity index (χ2n) is 35.7. The first-order valence-corrected chi connectivity index (χ1v) is 44.0. The highest BCUT2D eigenvalue weighted by Crippen LogP contribution is 2.61. The highest BCUT2D eigenvalue weighted by molar-refractivity contribution is 6.15. The average Bonchev–Trinajstić information content (AvgIpc) is 1.50. The van der Waals surface area contributed by atoms with Crippen LogP contribution in [0.15, 0.2) is 285 Å². The van der Waals surface area contributed by atoms with Crippen molar-refractivity contribution in [2.75, 3.05) is 0 Å². The van der Waals surface area contributed by atoms with E-state index in [4.69, 9.17) is 71.9 Å². The minimum atomic E-state index is -3.59. The van der Waals surface area contributed by atoms with Crippen LogP contribution in [0, 0.1) is 51.3 Å². The lowest BCUT2D eigenvalue weighted by molar-refractivity contribution is -0.660. The topological polar surface area (TPSA) is 120 Å². The van der Waals surface area contributed by atoms with Crippen LogP contribution in [0.25, 0.3) is 178 Å². The Bertz CT molecular complexity index is 9540. The van der Waals surface area contributed by atoms with E-state index in [0.29, 0.717) is 65.9 Å². The van der Waals surface area contributed by atoms with Gasteiger partial charge >= 0.3 is 0 Å². The summed E-state index contributed by atoms with van der Waals surface area (Å²) in [6.07, 6.45) is -0.680. The Balaban J connectivity index is 0.000000126. The van der Waals surface area contributed by atoms with Gasteiger partial charge in [-0.1, -0.05) is 228 Å². The molecule has 0 amide bonds. The number of fused-ring (bicyclic) bond motifs is 25. The second kappa shape index (κ2) is 32.0. The molecule has 20 aromatic rings. The van der Waals surface area contributed by atoms with E-state index in [1.54, 1.807) is 60.7 Å². The second-order valence-corrected chi connectivity index (χ2v) is 35.7. The van der Waals surface area contributed by atoms with Crippen LogP contribution >= 0.6 is 0 Å². The molecule has 0 spiro atoms. The van der Waals surface area contributed by atoms with Gasteiger partial charge in [0.15, 0.2) is 47.1 Å². The van der Waals surface area contributed by atoms with Gasteiger partial charge in [0.25, 0.3) is 0 Å². The molecular weight excluding hydrogens is 1620 g/mol. The molecule has 0 aliphatic heterocycles. The van der Waals surface area contributed by atoms with E-state index in [-0.39, 0.29) is 67.5 Å². The molecule has 132 heavy (non-hydrogen) atoms. The molecule has 0 saturated heterocycles. The number of hydrogen-bond donors (Lipinski definition) is 0. The van der Waals surface area contributed by atoms with E-state index in [0.717, 1.165) is 110 Å².